The molecule has 0 aliphatic carbocycles. The molecule has 0 radical (unpaired) electrons. The Morgan fingerprint density at radius 1 is 1.45 bits per heavy atom. The van der Waals surface area contributed by atoms with Crippen LogP contribution in [0, 0.1) is 5.82 Å². The molecule has 1 amide bonds. The molecule has 1 aromatic carbocycles. The van der Waals surface area contributed by atoms with E-state index < -0.39 is 12.0 Å². The lowest BCUT2D eigenvalue weighted by Crippen LogP contribution is -2.41. The third kappa shape index (κ3) is 2.96. The molecule has 1 aromatic heterocycles. The predicted octanol–water partition coefficient (Wildman–Crippen LogP) is 1.53. The van der Waals surface area contributed by atoms with Crippen LogP contribution >= 0.6 is 0 Å². The summed E-state index contributed by atoms with van der Waals surface area (Å²) in [6.07, 6.45) is 1.93. The highest BCUT2D eigenvalue weighted by molar-refractivity contribution is 5.86. The van der Waals surface area contributed by atoms with Crippen LogP contribution < -0.4 is 5.32 Å². The van der Waals surface area contributed by atoms with E-state index in [4.69, 9.17) is 0 Å². The van der Waals surface area contributed by atoms with Gasteiger partial charge in [0.2, 0.25) is 5.91 Å². The zero-order valence-electron chi connectivity index (χ0n) is 11.2. The molecule has 0 saturated heterocycles. The van der Waals surface area contributed by atoms with Crippen molar-refractivity contribution < 1.29 is 18.7 Å². The summed E-state index contributed by atoms with van der Waals surface area (Å²) >= 11 is 0. The number of benzene rings is 1. The quantitative estimate of drug-likeness (QED) is 0.833. The van der Waals surface area contributed by atoms with Gasteiger partial charge in [-0.2, -0.15) is 0 Å². The van der Waals surface area contributed by atoms with Crippen molar-refractivity contribution in [2.24, 2.45) is 0 Å². The first-order valence-corrected chi connectivity index (χ1v) is 6.11. The highest BCUT2D eigenvalue weighted by atomic mass is 19.1. The number of ether oxygens (including phenoxy) is 1. The van der Waals surface area contributed by atoms with E-state index in [-0.39, 0.29) is 18.1 Å². The minimum absolute atomic E-state index is 0.232. The van der Waals surface area contributed by atoms with E-state index in [1.807, 2.05) is 0 Å². The lowest BCUT2D eigenvalue weighted by atomic mass is 10.0. The maximum Gasteiger partial charge on any atom is 0.328 e. The molecule has 6 heteroatoms. The van der Waals surface area contributed by atoms with Crippen LogP contribution in [0.4, 0.5) is 4.39 Å². The number of halogens is 1. The fourth-order valence-electron chi connectivity index (χ4n) is 2.12. The van der Waals surface area contributed by atoms with Gasteiger partial charge in [0.1, 0.15) is 11.9 Å². The third-order valence-corrected chi connectivity index (χ3v) is 3.02. The zero-order chi connectivity index (χ0) is 14.7. The van der Waals surface area contributed by atoms with Crippen LogP contribution in [-0.4, -0.2) is 30.0 Å². The fourth-order valence-corrected chi connectivity index (χ4v) is 2.12. The van der Waals surface area contributed by atoms with Gasteiger partial charge in [-0.25, -0.2) is 9.18 Å². The molecule has 1 atom stereocenters. The second kappa shape index (κ2) is 5.73. The molecule has 2 N–H and O–H groups in total. The molecule has 0 unspecified atom stereocenters. The van der Waals surface area contributed by atoms with Gasteiger partial charge in [0.05, 0.1) is 7.11 Å². The van der Waals surface area contributed by atoms with E-state index in [0.717, 1.165) is 11.1 Å². The SMILES string of the molecule is COC(=O)[C@H](Cc1c[nH]c2ccc(F)cc12)NC(C)=O. The Labute approximate surface area is 115 Å². The molecule has 0 spiro atoms. The topological polar surface area (TPSA) is 71.2 Å². The van der Waals surface area contributed by atoms with E-state index in [0.29, 0.717) is 5.39 Å². The normalized spacial score (nSPS) is 12.2. The van der Waals surface area contributed by atoms with Gasteiger partial charge in [-0.15, -0.1) is 0 Å². The molecule has 0 fully saturated rings. The first kappa shape index (κ1) is 14.0. The van der Waals surface area contributed by atoms with E-state index in [2.05, 4.69) is 15.0 Å². The van der Waals surface area contributed by atoms with Crippen molar-refractivity contribution in [3.8, 4) is 0 Å². The molecule has 0 bridgehead atoms. The number of amides is 1. The van der Waals surface area contributed by atoms with Crippen LogP contribution in [0.3, 0.4) is 0 Å². The smallest absolute Gasteiger partial charge is 0.328 e. The Bertz CT molecular complexity index is 651. The standard InChI is InChI=1S/C14H15FN2O3/c1-8(18)17-13(14(19)20-2)5-9-7-16-12-4-3-10(15)6-11(9)12/h3-4,6-7,13,16H,5H2,1-2H3,(H,17,18)/t13-/m0/s1. The first-order valence-electron chi connectivity index (χ1n) is 6.11. The van der Waals surface area contributed by atoms with E-state index >= 15 is 0 Å². The number of hydrogen-bond donors (Lipinski definition) is 2. The molecule has 2 rings (SSSR count). The number of H-pyrrole nitrogens is 1. The van der Waals surface area contributed by atoms with Crippen LogP contribution in [-0.2, 0) is 20.7 Å². The number of nitrogens with one attached hydrogen (secondary N) is 2. The summed E-state index contributed by atoms with van der Waals surface area (Å²) in [5, 5.41) is 3.21. The van der Waals surface area contributed by atoms with Gasteiger partial charge < -0.3 is 15.0 Å². The van der Waals surface area contributed by atoms with Crippen LogP contribution in [0.15, 0.2) is 24.4 Å². The van der Waals surface area contributed by atoms with Gasteiger partial charge >= 0.3 is 5.97 Å². The second-order valence-corrected chi connectivity index (χ2v) is 4.48. The van der Waals surface area contributed by atoms with Gasteiger partial charge in [0.15, 0.2) is 0 Å². The van der Waals surface area contributed by atoms with Gasteiger partial charge in [0.25, 0.3) is 0 Å². The molecule has 0 aliphatic rings. The number of aromatic amines is 1. The Hall–Kier alpha value is -2.37. The number of carbonyl (C=O) groups excluding carboxylic acids is 2. The number of fused-ring (bicyclic) bond motifs is 1. The summed E-state index contributed by atoms with van der Waals surface area (Å²) in [7, 11) is 1.26. The summed E-state index contributed by atoms with van der Waals surface area (Å²) in [5.41, 5.74) is 1.51. The number of carbonyl (C=O) groups is 2. The van der Waals surface area contributed by atoms with Crippen LogP contribution in [0.5, 0.6) is 0 Å². The largest absolute Gasteiger partial charge is 0.467 e. The van der Waals surface area contributed by atoms with Crippen LogP contribution in [0.1, 0.15) is 12.5 Å². The maximum atomic E-state index is 13.3. The lowest BCUT2D eigenvalue weighted by Gasteiger charge is -2.14. The van der Waals surface area contributed by atoms with Crippen molar-refractivity contribution in [2.75, 3.05) is 7.11 Å². The average Bonchev–Trinajstić information content (AvgIpc) is 2.79. The van der Waals surface area contributed by atoms with Gasteiger partial charge in [-0.05, 0) is 23.8 Å². The number of esters is 1. The molecule has 2 aromatic rings. The minimum atomic E-state index is -0.792. The highest BCUT2D eigenvalue weighted by Gasteiger charge is 2.22. The molecule has 0 saturated carbocycles. The minimum Gasteiger partial charge on any atom is -0.467 e. The molecular weight excluding hydrogens is 263 g/mol. The molecule has 106 valence electrons. The third-order valence-electron chi connectivity index (χ3n) is 3.02. The van der Waals surface area contributed by atoms with E-state index in [9.17, 15) is 14.0 Å². The average molecular weight is 278 g/mol. The molecule has 5 nitrogen and oxygen atoms in total. The number of methoxy groups -OCH3 is 1. The lowest BCUT2D eigenvalue weighted by molar-refractivity contribution is -0.144. The zero-order valence-corrected chi connectivity index (χ0v) is 11.2. The van der Waals surface area contributed by atoms with Gasteiger partial charge in [-0.3, -0.25) is 4.79 Å². The second-order valence-electron chi connectivity index (χ2n) is 4.48. The Morgan fingerprint density at radius 2 is 2.20 bits per heavy atom. The summed E-state index contributed by atoms with van der Waals surface area (Å²) in [4.78, 5) is 25.8. The van der Waals surface area contributed by atoms with Crippen molar-refractivity contribution in [1.82, 2.24) is 10.3 Å². The fraction of sp³-hybridized carbons (Fsp3) is 0.286. The molecular formula is C14H15FN2O3. The van der Waals surface area contributed by atoms with Crippen LogP contribution in [0.2, 0.25) is 0 Å². The van der Waals surface area contributed by atoms with Gasteiger partial charge in [-0.1, -0.05) is 0 Å². The number of rotatable bonds is 4. The summed E-state index contributed by atoms with van der Waals surface area (Å²) < 4.78 is 18.0. The van der Waals surface area contributed by atoms with Crippen molar-refractivity contribution in [2.45, 2.75) is 19.4 Å². The van der Waals surface area contributed by atoms with Crippen molar-refractivity contribution in [3.63, 3.8) is 0 Å². The van der Waals surface area contributed by atoms with Crippen molar-refractivity contribution in [1.29, 1.82) is 0 Å². The summed E-state index contributed by atoms with van der Waals surface area (Å²) in [5.74, 6) is -1.22. The first-order chi connectivity index (χ1) is 9.51. The van der Waals surface area contributed by atoms with E-state index in [1.54, 1.807) is 12.3 Å². The van der Waals surface area contributed by atoms with Gasteiger partial charge in [0, 0.05) is 30.4 Å². The van der Waals surface area contributed by atoms with Crippen molar-refractivity contribution in [3.05, 3.63) is 35.8 Å². The number of hydrogen-bond acceptors (Lipinski definition) is 3. The van der Waals surface area contributed by atoms with E-state index in [1.165, 1.54) is 26.2 Å². The number of aromatic nitrogens is 1. The monoisotopic (exact) mass is 278 g/mol. The molecule has 1 heterocycles. The summed E-state index contributed by atoms with van der Waals surface area (Å²) in [6.45, 7) is 1.32. The van der Waals surface area contributed by atoms with Crippen LogP contribution in [0.25, 0.3) is 10.9 Å². The molecule has 0 aliphatic heterocycles. The predicted molar refractivity (Wildman–Crippen MR) is 71.6 cm³/mol. The Morgan fingerprint density at radius 3 is 2.85 bits per heavy atom. The highest BCUT2D eigenvalue weighted by Crippen LogP contribution is 2.20. The Kier molecular flexibility index (Phi) is 4.02. The van der Waals surface area contributed by atoms with Crippen molar-refractivity contribution >= 4 is 22.8 Å². The Balaban J connectivity index is 2.30. The maximum absolute atomic E-state index is 13.3. The summed E-state index contributed by atoms with van der Waals surface area (Å²) in [6, 6.07) is 3.58. The molecule has 20 heavy (non-hydrogen) atoms.